The molecule has 0 aromatic heterocycles. The fourth-order valence-electron chi connectivity index (χ4n) is 5.08. The van der Waals surface area contributed by atoms with E-state index >= 15 is 0 Å². The van der Waals surface area contributed by atoms with Crippen LogP contribution in [0.5, 0.6) is 23.0 Å². The number of ketones is 1. The van der Waals surface area contributed by atoms with Crippen molar-refractivity contribution >= 4 is 5.78 Å². The Bertz CT molecular complexity index is 1200. The summed E-state index contributed by atoms with van der Waals surface area (Å²) in [4.78, 5) is 12.9. The molecule has 3 heterocycles. The Labute approximate surface area is 228 Å². The van der Waals surface area contributed by atoms with Crippen LogP contribution in [0, 0.1) is 0 Å². The van der Waals surface area contributed by atoms with Gasteiger partial charge in [-0.1, -0.05) is 12.1 Å². The summed E-state index contributed by atoms with van der Waals surface area (Å²) >= 11 is 0. The van der Waals surface area contributed by atoms with Gasteiger partial charge in [0.1, 0.15) is 59.1 Å². The molecule has 0 bridgehead atoms. The maximum absolute atomic E-state index is 12.9. The van der Waals surface area contributed by atoms with Crippen molar-refractivity contribution in [3.05, 3.63) is 47.5 Å². The van der Waals surface area contributed by atoms with E-state index in [4.69, 9.17) is 23.7 Å². The molecule has 9 unspecified atom stereocenters. The Morgan fingerprint density at radius 1 is 0.950 bits per heavy atom. The molecule has 13 nitrogen and oxygen atoms in total. The van der Waals surface area contributed by atoms with Crippen LogP contribution in [0.1, 0.15) is 41.8 Å². The molecule has 2 fully saturated rings. The van der Waals surface area contributed by atoms with Gasteiger partial charge in [0.25, 0.3) is 0 Å². The number of rotatable bonds is 6. The number of ether oxygens (including phenoxy) is 5. The molecule has 2 aromatic carbocycles. The number of hydrogen-bond donors (Lipinski definition) is 7. The Kier molecular flexibility index (Phi) is 8.17. The smallest absolute Gasteiger partial charge is 0.229 e. The Morgan fingerprint density at radius 3 is 2.38 bits per heavy atom. The fourth-order valence-corrected chi connectivity index (χ4v) is 5.08. The van der Waals surface area contributed by atoms with Crippen molar-refractivity contribution in [2.75, 3.05) is 6.61 Å². The van der Waals surface area contributed by atoms with Crippen LogP contribution in [0.3, 0.4) is 0 Å². The second-order valence-electron chi connectivity index (χ2n) is 10.2. The maximum atomic E-state index is 12.9. The van der Waals surface area contributed by atoms with Crippen molar-refractivity contribution in [1.29, 1.82) is 0 Å². The van der Waals surface area contributed by atoms with Crippen LogP contribution in [0.2, 0.25) is 0 Å². The molecule has 0 saturated carbocycles. The molecular weight excluding hydrogens is 532 g/mol. The summed E-state index contributed by atoms with van der Waals surface area (Å²) in [5, 5.41) is 71.6. The summed E-state index contributed by atoms with van der Waals surface area (Å²) in [6.07, 6.45) is -12.7. The van der Waals surface area contributed by atoms with Crippen LogP contribution in [0.4, 0.5) is 0 Å². The molecule has 0 amide bonds. The topological polar surface area (TPSA) is 205 Å². The molecule has 13 heteroatoms. The summed E-state index contributed by atoms with van der Waals surface area (Å²) in [5.74, 6) is -0.814. The van der Waals surface area contributed by atoms with E-state index in [9.17, 15) is 40.5 Å². The van der Waals surface area contributed by atoms with E-state index in [0.29, 0.717) is 5.56 Å². The minimum atomic E-state index is -1.68. The largest absolute Gasteiger partial charge is 0.508 e. The number of aliphatic hydroxyl groups excluding tert-OH is 5. The van der Waals surface area contributed by atoms with Gasteiger partial charge in [0, 0.05) is 18.6 Å². The first kappa shape index (κ1) is 28.5. The van der Waals surface area contributed by atoms with E-state index in [1.54, 1.807) is 19.1 Å². The normalized spacial score (nSPS) is 36.0. The highest BCUT2D eigenvalue weighted by Gasteiger charge is 2.49. The third-order valence-corrected chi connectivity index (χ3v) is 7.22. The molecular formula is C27H32O13. The van der Waals surface area contributed by atoms with Crippen molar-refractivity contribution in [3.63, 3.8) is 0 Å². The van der Waals surface area contributed by atoms with E-state index in [1.807, 2.05) is 0 Å². The minimum absolute atomic E-state index is 0.0138. The second-order valence-corrected chi connectivity index (χ2v) is 10.2. The van der Waals surface area contributed by atoms with Crippen LogP contribution in [-0.4, -0.2) is 103 Å². The lowest BCUT2D eigenvalue weighted by atomic mass is 9.95. The summed E-state index contributed by atoms with van der Waals surface area (Å²) in [6.45, 7) is 0.983. The summed E-state index contributed by atoms with van der Waals surface area (Å²) in [7, 11) is 0. The Morgan fingerprint density at radius 2 is 1.68 bits per heavy atom. The van der Waals surface area contributed by atoms with Gasteiger partial charge in [0.05, 0.1) is 25.2 Å². The molecule has 0 aliphatic carbocycles. The number of carbonyl (C=O) groups excluding carboxylic acids is 1. The van der Waals surface area contributed by atoms with E-state index < -0.39 is 73.8 Å². The van der Waals surface area contributed by atoms with Crippen LogP contribution >= 0.6 is 0 Å². The highest BCUT2D eigenvalue weighted by molar-refractivity contribution is 6.02. The van der Waals surface area contributed by atoms with E-state index in [1.165, 1.54) is 18.2 Å². The van der Waals surface area contributed by atoms with E-state index in [2.05, 4.69) is 0 Å². The van der Waals surface area contributed by atoms with Crippen LogP contribution < -0.4 is 9.47 Å². The van der Waals surface area contributed by atoms with Gasteiger partial charge < -0.3 is 59.4 Å². The Hall–Kier alpha value is -3.01. The van der Waals surface area contributed by atoms with Gasteiger partial charge in [-0.3, -0.25) is 4.79 Å². The van der Waals surface area contributed by atoms with Crippen molar-refractivity contribution in [1.82, 2.24) is 0 Å². The molecule has 0 radical (unpaired) electrons. The number of carbonyl (C=O) groups is 1. The quantitative estimate of drug-likeness (QED) is 0.244. The molecule has 218 valence electrons. The first-order chi connectivity index (χ1) is 19.0. The zero-order chi connectivity index (χ0) is 28.7. The van der Waals surface area contributed by atoms with Crippen molar-refractivity contribution in [3.8, 4) is 23.0 Å². The number of phenolic OH excluding ortho intramolecular Hbond substituents is 2. The van der Waals surface area contributed by atoms with Gasteiger partial charge in [-0.25, -0.2) is 0 Å². The first-order valence-corrected chi connectivity index (χ1v) is 12.9. The van der Waals surface area contributed by atoms with Crippen molar-refractivity contribution < 1.29 is 64.2 Å². The monoisotopic (exact) mass is 564 g/mol. The number of fused-ring (bicyclic) bond motifs is 1. The third kappa shape index (κ3) is 5.60. The molecule has 3 aliphatic heterocycles. The van der Waals surface area contributed by atoms with Gasteiger partial charge in [0.15, 0.2) is 18.2 Å². The molecule has 40 heavy (non-hydrogen) atoms. The number of benzene rings is 2. The summed E-state index contributed by atoms with van der Waals surface area (Å²) in [6, 6.07) is 8.61. The van der Waals surface area contributed by atoms with Crippen molar-refractivity contribution in [2.45, 2.75) is 81.2 Å². The molecule has 5 rings (SSSR count). The van der Waals surface area contributed by atoms with Crippen molar-refractivity contribution in [2.24, 2.45) is 0 Å². The lowest BCUT2D eigenvalue weighted by molar-refractivity contribution is -0.344. The average molecular weight is 565 g/mol. The van der Waals surface area contributed by atoms with Crippen LogP contribution in [0.15, 0.2) is 36.4 Å². The molecule has 10 atom stereocenters. The lowest BCUT2D eigenvalue weighted by Crippen LogP contribution is -2.63. The van der Waals surface area contributed by atoms with Gasteiger partial charge in [-0.15, -0.1) is 0 Å². The molecule has 2 aromatic rings. The predicted octanol–water partition coefficient (Wildman–Crippen LogP) is -0.136. The van der Waals surface area contributed by atoms with Crippen LogP contribution in [0.25, 0.3) is 0 Å². The number of hydrogen-bond acceptors (Lipinski definition) is 13. The summed E-state index contributed by atoms with van der Waals surface area (Å²) < 4.78 is 28.8. The van der Waals surface area contributed by atoms with Gasteiger partial charge in [-0.2, -0.15) is 0 Å². The fraction of sp³-hybridized carbons (Fsp3) is 0.519. The lowest BCUT2D eigenvalue weighted by Gasteiger charge is -2.44. The van der Waals surface area contributed by atoms with Gasteiger partial charge in [-0.05, 0) is 24.6 Å². The number of Topliss-reactive ketones (excluding diaryl/α,β-unsaturated/α-hetero) is 1. The predicted molar refractivity (Wildman–Crippen MR) is 133 cm³/mol. The minimum Gasteiger partial charge on any atom is -0.508 e. The highest BCUT2D eigenvalue weighted by atomic mass is 16.8. The second kappa shape index (κ2) is 11.5. The maximum Gasteiger partial charge on any atom is 0.229 e. The number of phenols is 2. The number of aromatic hydroxyl groups is 2. The number of aliphatic hydroxyl groups is 5. The van der Waals surface area contributed by atoms with Gasteiger partial charge >= 0.3 is 0 Å². The zero-order valence-electron chi connectivity index (χ0n) is 21.4. The van der Waals surface area contributed by atoms with E-state index in [0.717, 1.165) is 6.07 Å². The average Bonchev–Trinajstić information content (AvgIpc) is 2.90. The van der Waals surface area contributed by atoms with Gasteiger partial charge in [0.2, 0.25) is 6.29 Å². The standard InChI is InChI=1S/C27H32O13/c1-11-6-17(32)22(33)26(36-11)40-25-24(35)23(34)20(10-28)39-27(25)37-14-7-15(30)21-16(31)9-18(38-19(21)8-14)12-2-4-13(29)5-3-12/h2-5,7-8,11,17-18,20,22-30,32-35H,6,9-10H2,1H3/t11?,17?,18-,20?,22?,23?,24?,25?,26?,27?/m0/s1. The SMILES string of the molecule is CC1CC(O)C(O)C(OC2C(Oc3cc(O)c4c(c3)O[C@H](c3ccc(O)cc3)CC4=O)OC(CO)C(O)C2O)O1. The third-order valence-electron chi connectivity index (χ3n) is 7.22. The first-order valence-electron chi connectivity index (χ1n) is 12.9. The Balaban J connectivity index is 1.41. The molecule has 2 saturated heterocycles. The molecule has 0 spiro atoms. The molecule has 3 aliphatic rings. The van der Waals surface area contributed by atoms with E-state index in [-0.39, 0.29) is 41.4 Å². The van der Waals surface area contributed by atoms with Crippen LogP contribution in [-0.2, 0) is 14.2 Å². The summed E-state index contributed by atoms with van der Waals surface area (Å²) in [5.41, 5.74) is 0.571. The zero-order valence-corrected chi connectivity index (χ0v) is 21.4. The highest BCUT2D eigenvalue weighted by Crippen LogP contribution is 2.43. The molecule has 7 N–H and O–H groups in total.